The molecule has 6 heteroatoms. The van der Waals surface area contributed by atoms with E-state index in [4.69, 9.17) is 17.4 Å². The van der Waals surface area contributed by atoms with Gasteiger partial charge in [-0.05, 0) is 36.9 Å². The van der Waals surface area contributed by atoms with E-state index in [0.29, 0.717) is 4.88 Å². The Bertz CT molecular complexity index is 582. The number of rotatable bonds is 5. The number of carbonyl (C=O) groups excluding carboxylic acids is 1. The summed E-state index contributed by atoms with van der Waals surface area (Å²) in [5.74, 6) is 4.87. The number of nitrogens with one attached hydrogen (secondary N) is 1. The number of nitrogens with two attached hydrogens (primary N) is 1. The SMILES string of the molecule is CN(Cc1ccc(Cl)cc1)Cc1ccc(C(=O)NN)s1. The molecule has 0 radical (unpaired) electrons. The van der Waals surface area contributed by atoms with Gasteiger partial charge >= 0.3 is 0 Å². The standard InChI is InChI=1S/C14H16ClN3OS/c1-18(8-10-2-4-11(15)5-3-10)9-12-6-7-13(20-12)14(19)17-16/h2-7H,8-9,16H2,1H3,(H,17,19). The lowest BCUT2D eigenvalue weighted by Gasteiger charge is -2.15. The van der Waals surface area contributed by atoms with Gasteiger partial charge < -0.3 is 0 Å². The quantitative estimate of drug-likeness (QED) is 0.507. The van der Waals surface area contributed by atoms with Gasteiger partial charge in [0.15, 0.2) is 0 Å². The summed E-state index contributed by atoms with van der Waals surface area (Å²) in [6, 6.07) is 11.5. The third-order valence-corrected chi connectivity index (χ3v) is 4.13. The smallest absolute Gasteiger partial charge is 0.275 e. The van der Waals surface area contributed by atoms with Gasteiger partial charge in [-0.2, -0.15) is 0 Å². The Morgan fingerprint density at radius 2 is 1.95 bits per heavy atom. The average molecular weight is 310 g/mol. The molecule has 1 heterocycles. The number of nitrogen functional groups attached to an aromatic ring is 1. The summed E-state index contributed by atoms with van der Waals surface area (Å²) in [6.45, 7) is 1.61. The Morgan fingerprint density at radius 3 is 2.60 bits per heavy atom. The van der Waals surface area contributed by atoms with Crippen LogP contribution in [0.4, 0.5) is 0 Å². The normalized spacial score (nSPS) is 10.8. The van der Waals surface area contributed by atoms with Gasteiger partial charge in [-0.25, -0.2) is 5.84 Å². The fourth-order valence-electron chi connectivity index (χ4n) is 1.88. The molecule has 0 atom stereocenters. The molecule has 0 fully saturated rings. The Labute approximate surface area is 127 Å². The molecular formula is C14H16ClN3OS. The van der Waals surface area contributed by atoms with Crippen LogP contribution in [0.2, 0.25) is 5.02 Å². The third kappa shape index (κ3) is 4.05. The molecule has 0 bridgehead atoms. The molecule has 0 aliphatic heterocycles. The number of amides is 1. The van der Waals surface area contributed by atoms with E-state index in [2.05, 4.69) is 10.3 Å². The van der Waals surface area contributed by atoms with Crippen LogP contribution >= 0.6 is 22.9 Å². The molecule has 0 saturated heterocycles. The van der Waals surface area contributed by atoms with Crippen molar-refractivity contribution in [3.05, 3.63) is 56.7 Å². The maximum Gasteiger partial charge on any atom is 0.275 e. The van der Waals surface area contributed by atoms with E-state index in [1.54, 1.807) is 6.07 Å². The maximum absolute atomic E-state index is 11.4. The minimum absolute atomic E-state index is 0.249. The number of halogens is 1. The van der Waals surface area contributed by atoms with Gasteiger partial charge in [0.1, 0.15) is 0 Å². The van der Waals surface area contributed by atoms with E-state index < -0.39 is 0 Å². The predicted molar refractivity (Wildman–Crippen MR) is 82.6 cm³/mol. The number of hydrazine groups is 1. The monoisotopic (exact) mass is 309 g/mol. The van der Waals surface area contributed by atoms with Crippen molar-refractivity contribution in [1.82, 2.24) is 10.3 Å². The van der Waals surface area contributed by atoms with Gasteiger partial charge in [0, 0.05) is 23.0 Å². The molecule has 106 valence electrons. The van der Waals surface area contributed by atoms with Crippen molar-refractivity contribution >= 4 is 28.8 Å². The molecule has 2 rings (SSSR count). The van der Waals surface area contributed by atoms with E-state index in [9.17, 15) is 4.79 Å². The van der Waals surface area contributed by atoms with Gasteiger partial charge in [0.2, 0.25) is 0 Å². The molecule has 3 N–H and O–H groups in total. The fourth-order valence-corrected chi connectivity index (χ4v) is 3.00. The summed E-state index contributed by atoms with van der Waals surface area (Å²) in [5, 5.41) is 0.743. The van der Waals surface area contributed by atoms with Crippen LogP contribution < -0.4 is 11.3 Å². The zero-order valence-corrected chi connectivity index (χ0v) is 12.7. The second kappa shape index (κ2) is 6.85. The van der Waals surface area contributed by atoms with Crippen LogP contribution in [0.25, 0.3) is 0 Å². The molecule has 1 aromatic carbocycles. The predicted octanol–water partition coefficient (Wildman–Crippen LogP) is 2.64. The van der Waals surface area contributed by atoms with Crippen molar-refractivity contribution in [2.24, 2.45) is 5.84 Å². The lowest BCUT2D eigenvalue weighted by atomic mass is 10.2. The van der Waals surface area contributed by atoms with Crippen LogP contribution in [0.1, 0.15) is 20.1 Å². The lowest BCUT2D eigenvalue weighted by Crippen LogP contribution is -2.29. The van der Waals surface area contributed by atoms with Crippen molar-refractivity contribution in [2.75, 3.05) is 7.05 Å². The van der Waals surface area contributed by atoms with E-state index in [1.165, 1.54) is 16.9 Å². The Morgan fingerprint density at radius 1 is 1.25 bits per heavy atom. The first-order chi connectivity index (χ1) is 9.58. The van der Waals surface area contributed by atoms with Gasteiger partial charge in [-0.1, -0.05) is 23.7 Å². The average Bonchev–Trinajstić information content (AvgIpc) is 2.89. The summed E-state index contributed by atoms with van der Waals surface area (Å²) >= 11 is 7.32. The minimum Gasteiger partial charge on any atom is -0.297 e. The van der Waals surface area contributed by atoms with Gasteiger partial charge in [0.05, 0.1) is 4.88 Å². The van der Waals surface area contributed by atoms with E-state index in [1.807, 2.05) is 37.4 Å². The molecule has 20 heavy (non-hydrogen) atoms. The molecule has 0 unspecified atom stereocenters. The maximum atomic E-state index is 11.4. The molecule has 0 aliphatic rings. The molecule has 2 aromatic rings. The fraction of sp³-hybridized carbons (Fsp3) is 0.214. The molecule has 1 amide bonds. The van der Waals surface area contributed by atoms with Crippen LogP contribution in [-0.2, 0) is 13.1 Å². The highest BCUT2D eigenvalue weighted by atomic mass is 35.5. The van der Waals surface area contributed by atoms with E-state index >= 15 is 0 Å². The highest BCUT2D eigenvalue weighted by Gasteiger charge is 2.09. The van der Waals surface area contributed by atoms with Crippen LogP contribution in [-0.4, -0.2) is 17.9 Å². The number of nitrogens with zero attached hydrogens (tertiary/aromatic N) is 1. The van der Waals surface area contributed by atoms with Crippen molar-refractivity contribution in [2.45, 2.75) is 13.1 Å². The second-order valence-electron chi connectivity index (χ2n) is 4.54. The topological polar surface area (TPSA) is 58.4 Å². The highest BCUT2D eigenvalue weighted by Crippen LogP contribution is 2.19. The van der Waals surface area contributed by atoms with Crippen molar-refractivity contribution < 1.29 is 4.79 Å². The minimum atomic E-state index is -0.249. The number of benzene rings is 1. The zero-order chi connectivity index (χ0) is 14.5. The largest absolute Gasteiger partial charge is 0.297 e. The molecule has 0 saturated carbocycles. The zero-order valence-electron chi connectivity index (χ0n) is 11.1. The summed E-state index contributed by atoms with van der Waals surface area (Å²) in [6.07, 6.45) is 0. The first-order valence-electron chi connectivity index (χ1n) is 6.11. The van der Waals surface area contributed by atoms with E-state index in [-0.39, 0.29) is 5.91 Å². The second-order valence-corrected chi connectivity index (χ2v) is 6.14. The third-order valence-electron chi connectivity index (χ3n) is 2.81. The van der Waals surface area contributed by atoms with Crippen LogP contribution in [0, 0.1) is 0 Å². The summed E-state index contributed by atoms with van der Waals surface area (Å²) in [4.78, 5) is 15.3. The van der Waals surface area contributed by atoms with Crippen molar-refractivity contribution in [1.29, 1.82) is 0 Å². The van der Waals surface area contributed by atoms with Gasteiger partial charge in [-0.3, -0.25) is 15.1 Å². The van der Waals surface area contributed by atoms with Crippen LogP contribution in [0.5, 0.6) is 0 Å². The first-order valence-corrected chi connectivity index (χ1v) is 7.30. The number of hydrogen-bond donors (Lipinski definition) is 2. The highest BCUT2D eigenvalue weighted by molar-refractivity contribution is 7.14. The first kappa shape index (κ1) is 15.0. The summed E-state index contributed by atoms with van der Waals surface area (Å²) in [7, 11) is 2.04. The van der Waals surface area contributed by atoms with Crippen molar-refractivity contribution in [3.63, 3.8) is 0 Å². The summed E-state index contributed by atoms with van der Waals surface area (Å²) in [5.41, 5.74) is 3.34. The molecule has 0 aliphatic carbocycles. The molecular weight excluding hydrogens is 294 g/mol. The lowest BCUT2D eigenvalue weighted by molar-refractivity contribution is 0.0957. The van der Waals surface area contributed by atoms with Crippen LogP contribution in [0.15, 0.2) is 36.4 Å². The van der Waals surface area contributed by atoms with Crippen LogP contribution in [0.3, 0.4) is 0 Å². The molecule has 0 spiro atoms. The number of carbonyl (C=O) groups is 1. The Hall–Kier alpha value is -1.40. The van der Waals surface area contributed by atoms with Gasteiger partial charge in [0.25, 0.3) is 5.91 Å². The Balaban J connectivity index is 1.94. The summed E-state index contributed by atoms with van der Waals surface area (Å²) < 4.78 is 0. The van der Waals surface area contributed by atoms with E-state index in [0.717, 1.165) is 23.0 Å². The number of thiophene rings is 1. The van der Waals surface area contributed by atoms with Gasteiger partial charge in [-0.15, -0.1) is 11.3 Å². The number of hydrogen-bond acceptors (Lipinski definition) is 4. The van der Waals surface area contributed by atoms with Crippen molar-refractivity contribution in [3.8, 4) is 0 Å². The molecule has 4 nitrogen and oxygen atoms in total. The molecule has 1 aromatic heterocycles. The Kier molecular flexibility index (Phi) is 5.14.